The Hall–Kier alpha value is -3.61. The summed E-state index contributed by atoms with van der Waals surface area (Å²) in [5, 5.41) is 6.04. The molecule has 3 aromatic carbocycles. The van der Waals surface area contributed by atoms with Gasteiger partial charge >= 0.3 is 0 Å². The van der Waals surface area contributed by atoms with E-state index in [1.807, 2.05) is 41.3 Å². The zero-order chi connectivity index (χ0) is 23.4. The fourth-order valence-electron chi connectivity index (χ4n) is 4.11. The fourth-order valence-corrected chi connectivity index (χ4v) is 4.11. The zero-order valence-corrected chi connectivity index (χ0v) is 19.0. The Morgan fingerprint density at radius 3 is 2.42 bits per heavy atom. The summed E-state index contributed by atoms with van der Waals surface area (Å²) in [6.45, 7) is 4.64. The number of hydrogen-bond donors (Lipinski definition) is 2. The Labute approximate surface area is 193 Å². The van der Waals surface area contributed by atoms with Crippen LogP contribution in [0.2, 0.25) is 0 Å². The van der Waals surface area contributed by atoms with Crippen LogP contribution in [-0.4, -0.2) is 26.1 Å². The van der Waals surface area contributed by atoms with Gasteiger partial charge in [-0.3, -0.25) is 14.4 Å². The predicted molar refractivity (Wildman–Crippen MR) is 130 cm³/mol. The molecular weight excluding hydrogens is 418 g/mol. The van der Waals surface area contributed by atoms with Gasteiger partial charge in [0, 0.05) is 31.7 Å². The minimum Gasteiger partial charge on any atom is -0.497 e. The van der Waals surface area contributed by atoms with Crippen LogP contribution in [-0.2, 0) is 13.1 Å². The molecule has 1 heterocycles. The second kappa shape index (κ2) is 9.90. The SMILES string of the molecule is COc1cccc(CNC(=O)c2ccc(CNc3c(N4CCC(C)CC4)c(=O)c3=O)cc2)c1. The van der Waals surface area contributed by atoms with E-state index < -0.39 is 10.9 Å². The number of hydrogen-bond acceptors (Lipinski definition) is 6. The largest absolute Gasteiger partial charge is 0.497 e. The van der Waals surface area contributed by atoms with E-state index in [0.29, 0.717) is 35.9 Å². The molecule has 1 amide bonds. The number of carbonyl (C=O) groups is 1. The smallest absolute Gasteiger partial charge is 0.253 e. The zero-order valence-electron chi connectivity index (χ0n) is 19.0. The van der Waals surface area contributed by atoms with Gasteiger partial charge in [0.2, 0.25) is 0 Å². The molecule has 1 saturated heterocycles. The summed E-state index contributed by atoms with van der Waals surface area (Å²) in [4.78, 5) is 38.8. The number of anilines is 2. The van der Waals surface area contributed by atoms with Crippen LogP contribution in [0.3, 0.4) is 0 Å². The Balaban J connectivity index is 1.33. The van der Waals surface area contributed by atoms with Crippen molar-refractivity contribution in [1.82, 2.24) is 5.32 Å². The number of nitrogens with zero attached hydrogens (tertiary/aromatic N) is 1. The lowest BCUT2D eigenvalue weighted by molar-refractivity contribution is 0.0951. The van der Waals surface area contributed by atoms with Crippen molar-refractivity contribution in [1.29, 1.82) is 0 Å². The van der Waals surface area contributed by atoms with Gasteiger partial charge in [0.15, 0.2) is 0 Å². The Bertz CT molecular complexity index is 1190. The van der Waals surface area contributed by atoms with Crippen molar-refractivity contribution in [3.05, 3.63) is 85.7 Å². The topological polar surface area (TPSA) is 87.7 Å². The minimum atomic E-state index is -0.447. The maximum atomic E-state index is 12.5. The predicted octanol–water partition coefficient (Wildman–Crippen LogP) is 3.07. The highest BCUT2D eigenvalue weighted by atomic mass is 16.5. The van der Waals surface area contributed by atoms with Gasteiger partial charge in [-0.1, -0.05) is 31.2 Å². The summed E-state index contributed by atoms with van der Waals surface area (Å²) >= 11 is 0. The monoisotopic (exact) mass is 447 g/mol. The molecule has 0 unspecified atom stereocenters. The summed E-state index contributed by atoms with van der Waals surface area (Å²) in [5.41, 5.74) is 2.53. The molecular formula is C26H29N3O4. The van der Waals surface area contributed by atoms with Gasteiger partial charge in [0.05, 0.1) is 7.11 Å². The third kappa shape index (κ3) is 5.08. The van der Waals surface area contributed by atoms with E-state index in [4.69, 9.17) is 4.74 Å². The second-order valence-electron chi connectivity index (χ2n) is 8.64. The summed E-state index contributed by atoms with van der Waals surface area (Å²) in [5.74, 6) is 1.23. The molecule has 1 fully saturated rings. The maximum Gasteiger partial charge on any atom is 0.253 e. The first-order valence-electron chi connectivity index (χ1n) is 11.3. The summed E-state index contributed by atoms with van der Waals surface area (Å²) in [6, 6.07) is 14.8. The van der Waals surface area contributed by atoms with Gasteiger partial charge in [-0.25, -0.2) is 0 Å². The molecule has 0 spiro atoms. The summed E-state index contributed by atoms with van der Waals surface area (Å²) in [6.07, 6.45) is 2.05. The van der Waals surface area contributed by atoms with Crippen LogP contribution >= 0.6 is 0 Å². The normalized spacial score (nSPS) is 14.3. The highest BCUT2D eigenvalue weighted by Crippen LogP contribution is 2.26. The van der Waals surface area contributed by atoms with E-state index in [1.54, 1.807) is 19.2 Å². The second-order valence-corrected chi connectivity index (χ2v) is 8.64. The van der Waals surface area contributed by atoms with Crippen LogP contribution in [0.25, 0.3) is 0 Å². The first kappa shape index (κ1) is 22.6. The number of methoxy groups -OCH3 is 1. The molecule has 0 aromatic heterocycles. The number of carbonyl (C=O) groups excluding carboxylic acids is 1. The van der Waals surface area contributed by atoms with Crippen molar-refractivity contribution in [3.63, 3.8) is 0 Å². The summed E-state index contributed by atoms with van der Waals surface area (Å²) in [7, 11) is 1.61. The standard InChI is InChI=1S/C26H29N3O4/c1-17-10-12-29(13-11-17)23-22(24(30)25(23)31)27-15-18-6-8-20(9-7-18)26(32)28-16-19-4-3-5-21(14-19)33-2/h3-9,14,17,27H,10-13,15-16H2,1-2H3,(H,28,32). The molecule has 1 aliphatic heterocycles. The Morgan fingerprint density at radius 2 is 1.73 bits per heavy atom. The van der Waals surface area contributed by atoms with Crippen molar-refractivity contribution in [2.75, 3.05) is 30.4 Å². The molecule has 2 N–H and O–H groups in total. The third-order valence-corrected chi connectivity index (χ3v) is 6.26. The molecule has 0 atom stereocenters. The number of amides is 1. The van der Waals surface area contributed by atoms with Gasteiger partial charge in [0.1, 0.15) is 17.1 Å². The van der Waals surface area contributed by atoms with E-state index in [9.17, 15) is 14.4 Å². The molecule has 0 radical (unpaired) electrons. The maximum absolute atomic E-state index is 12.5. The molecule has 7 heteroatoms. The lowest BCUT2D eigenvalue weighted by atomic mass is 9.98. The first-order chi connectivity index (χ1) is 16.0. The molecule has 1 aliphatic rings. The van der Waals surface area contributed by atoms with Crippen molar-refractivity contribution in [2.45, 2.75) is 32.9 Å². The highest BCUT2D eigenvalue weighted by Gasteiger charge is 2.28. The van der Waals surface area contributed by atoms with E-state index in [-0.39, 0.29) is 5.91 Å². The van der Waals surface area contributed by atoms with Crippen LogP contribution in [0, 0.1) is 5.92 Å². The van der Waals surface area contributed by atoms with Crippen LogP contribution in [0.4, 0.5) is 11.4 Å². The number of piperidine rings is 1. The van der Waals surface area contributed by atoms with Gasteiger partial charge in [-0.15, -0.1) is 0 Å². The number of rotatable bonds is 8. The Morgan fingerprint density at radius 1 is 1.00 bits per heavy atom. The van der Waals surface area contributed by atoms with Crippen molar-refractivity contribution in [3.8, 4) is 5.75 Å². The van der Waals surface area contributed by atoms with Gasteiger partial charge < -0.3 is 20.3 Å². The number of nitrogens with one attached hydrogen (secondary N) is 2. The van der Waals surface area contributed by atoms with E-state index in [0.717, 1.165) is 42.8 Å². The molecule has 172 valence electrons. The van der Waals surface area contributed by atoms with Crippen LogP contribution in [0.5, 0.6) is 5.75 Å². The fraction of sp³-hybridized carbons (Fsp3) is 0.346. The third-order valence-electron chi connectivity index (χ3n) is 6.26. The molecule has 3 aromatic rings. The lowest BCUT2D eigenvalue weighted by Crippen LogP contribution is -2.45. The van der Waals surface area contributed by atoms with Crippen molar-refractivity contribution >= 4 is 17.3 Å². The van der Waals surface area contributed by atoms with Crippen molar-refractivity contribution < 1.29 is 9.53 Å². The molecule has 0 bridgehead atoms. The molecule has 4 rings (SSSR count). The summed E-state index contributed by atoms with van der Waals surface area (Å²) < 4.78 is 5.20. The van der Waals surface area contributed by atoms with Gasteiger partial charge in [-0.2, -0.15) is 0 Å². The van der Waals surface area contributed by atoms with Crippen LogP contribution in [0.1, 0.15) is 41.3 Å². The lowest BCUT2D eigenvalue weighted by Gasteiger charge is -2.33. The molecule has 7 nitrogen and oxygen atoms in total. The quantitative estimate of drug-likeness (QED) is 0.516. The molecule has 0 aliphatic carbocycles. The number of benzene rings is 2. The highest BCUT2D eigenvalue weighted by molar-refractivity contribution is 5.94. The first-order valence-corrected chi connectivity index (χ1v) is 11.3. The molecule has 0 saturated carbocycles. The van der Waals surface area contributed by atoms with Crippen molar-refractivity contribution in [2.24, 2.45) is 5.92 Å². The van der Waals surface area contributed by atoms with E-state index in [2.05, 4.69) is 17.6 Å². The number of ether oxygens (including phenoxy) is 1. The minimum absolute atomic E-state index is 0.165. The molecule has 33 heavy (non-hydrogen) atoms. The van der Waals surface area contributed by atoms with E-state index in [1.165, 1.54) is 0 Å². The average Bonchev–Trinajstić information content (AvgIpc) is 2.85. The van der Waals surface area contributed by atoms with Crippen LogP contribution in [0.15, 0.2) is 58.1 Å². The van der Waals surface area contributed by atoms with Gasteiger partial charge in [-0.05, 0) is 54.2 Å². The average molecular weight is 448 g/mol. The Kier molecular flexibility index (Phi) is 6.77. The van der Waals surface area contributed by atoms with Crippen LogP contribution < -0.4 is 31.1 Å². The van der Waals surface area contributed by atoms with Gasteiger partial charge in [0.25, 0.3) is 16.8 Å². The van der Waals surface area contributed by atoms with E-state index >= 15 is 0 Å².